The Morgan fingerprint density at radius 3 is 2.54 bits per heavy atom. The van der Waals surface area contributed by atoms with Crippen LogP contribution in [0.1, 0.15) is 46.3 Å². The minimum atomic E-state index is -0.829. The highest BCUT2D eigenvalue weighted by Crippen LogP contribution is 2.32. The lowest BCUT2D eigenvalue weighted by Gasteiger charge is -2.32. The van der Waals surface area contributed by atoms with E-state index in [9.17, 15) is 23.6 Å². The van der Waals surface area contributed by atoms with Gasteiger partial charge in [0.2, 0.25) is 5.91 Å². The molecule has 11 nitrogen and oxygen atoms in total. The first-order valence-corrected chi connectivity index (χ1v) is 13.5. The van der Waals surface area contributed by atoms with Crippen LogP contribution in [0.5, 0.6) is 11.5 Å². The number of aryl methyl sites for hydroxylation is 2. The maximum absolute atomic E-state index is 13.9. The van der Waals surface area contributed by atoms with E-state index in [2.05, 4.69) is 5.32 Å². The minimum absolute atomic E-state index is 0.0409. The molecular formula is C29H35FN4O7. The number of benzene rings is 1. The van der Waals surface area contributed by atoms with Crippen LogP contribution >= 0.6 is 0 Å². The Balaban J connectivity index is 1.71. The van der Waals surface area contributed by atoms with Gasteiger partial charge in [-0.15, -0.1) is 0 Å². The van der Waals surface area contributed by atoms with Crippen molar-refractivity contribution < 1.29 is 33.4 Å². The molecule has 1 saturated heterocycles. The molecule has 1 aliphatic heterocycles. The molecule has 0 unspecified atom stereocenters. The van der Waals surface area contributed by atoms with Gasteiger partial charge in [0.15, 0.2) is 17.2 Å². The lowest BCUT2D eigenvalue weighted by Crippen LogP contribution is -2.47. The van der Waals surface area contributed by atoms with Crippen LogP contribution < -0.4 is 20.3 Å². The molecule has 0 spiro atoms. The van der Waals surface area contributed by atoms with Gasteiger partial charge >= 0.3 is 0 Å². The molecule has 220 valence electrons. The molecule has 3 heterocycles. The Labute approximate surface area is 236 Å². The highest BCUT2D eigenvalue weighted by atomic mass is 19.1. The Morgan fingerprint density at radius 2 is 1.90 bits per heavy atom. The number of nitrogens with zero attached hydrogens (tertiary/aromatic N) is 3. The predicted octanol–water partition coefficient (Wildman–Crippen LogP) is 1.86. The molecule has 2 aromatic heterocycles. The second-order valence-corrected chi connectivity index (χ2v) is 9.86. The van der Waals surface area contributed by atoms with E-state index in [1.165, 1.54) is 16.6 Å². The number of fused-ring (bicyclic) bond motifs is 1. The van der Waals surface area contributed by atoms with E-state index in [1.807, 2.05) is 6.92 Å². The van der Waals surface area contributed by atoms with Crippen LogP contribution in [0.2, 0.25) is 0 Å². The Morgan fingerprint density at radius 1 is 1.17 bits per heavy atom. The van der Waals surface area contributed by atoms with E-state index in [0.29, 0.717) is 54.9 Å². The number of piperidine rings is 1. The molecule has 12 heteroatoms. The third-order valence-electron chi connectivity index (χ3n) is 7.42. The number of rotatable bonds is 11. The molecule has 0 aliphatic carbocycles. The maximum Gasteiger partial charge on any atom is 0.272 e. The van der Waals surface area contributed by atoms with Gasteiger partial charge in [0.25, 0.3) is 11.5 Å². The number of aromatic nitrogens is 2. The van der Waals surface area contributed by atoms with Crippen molar-refractivity contribution in [2.24, 2.45) is 7.05 Å². The van der Waals surface area contributed by atoms with E-state index in [4.69, 9.17) is 14.6 Å². The first-order chi connectivity index (χ1) is 19.7. The van der Waals surface area contributed by atoms with Crippen molar-refractivity contribution in [3.8, 4) is 11.5 Å². The van der Waals surface area contributed by atoms with Gasteiger partial charge in [-0.1, -0.05) is 19.1 Å². The van der Waals surface area contributed by atoms with Crippen LogP contribution in [0.15, 0.2) is 35.1 Å². The summed E-state index contributed by atoms with van der Waals surface area (Å²) in [6, 6.07) is 8.15. The Hall–Kier alpha value is -4.19. The zero-order valence-corrected chi connectivity index (χ0v) is 23.4. The number of ketones is 1. The molecule has 2 N–H and O–H groups in total. The highest BCUT2D eigenvalue weighted by molar-refractivity contribution is 6.04. The quantitative estimate of drug-likeness (QED) is 0.337. The zero-order chi connectivity index (χ0) is 29.7. The standard InChI is InChI=1S/C29H35FN4O7/c1-4-20-15-22-25(29(39)34(20)16-23(36)18-6-5-7-21(14-18)40-3)27(41-13-10-30)26(32(22)2)28(38)31-19-8-11-33(12-9-19)24(37)17-35/h5-7,14-15,19,35H,4,8-13,16-17H2,1-3H3,(H,31,38). The van der Waals surface area contributed by atoms with Gasteiger partial charge in [-0.3, -0.25) is 19.2 Å². The van der Waals surface area contributed by atoms with E-state index < -0.39 is 24.7 Å². The molecule has 1 fully saturated rings. The number of hydrogen-bond acceptors (Lipinski definition) is 7. The largest absolute Gasteiger partial charge is 0.497 e. The lowest BCUT2D eigenvalue weighted by molar-refractivity contribution is -0.135. The fourth-order valence-corrected chi connectivity index (χ4v) is 5.21. The number of likely N-dealkylation sites (tertiary alicyclic amines) is 1. The van der Waals surface area contributed by atoms with E-state index in [-0.39, 0.29) is 47.7 Å². The molecule has 0 atom stereocenters. The van der Waals surface area contributed by atoms with Crippen molar-refractivity contribution in [2.75, 3.05) is 40.1 Å². The summed E-state index contributed by atoms with van der Waals surface area (Å²) in [5, 5.41) is 12.1. The monoisotopic (exact) mass is 570 g/mol. The number of hydrogen-bond donors (Lipinski definition) is 2. The summed E-state index contributed by atoms with van der Waals surface area (Å²) >= 11 is 0. The number of amides is 2. The van der Waals surface area contributed by atoms with Gasteiger partial charge in [0, 0.05) is 37.4 Å². The number of halogens is 1. The molecule has 2 amide bonds. The van der Waals surface area contributed by atoms with Crippen LogP contribution in [0.3, 0.4) is 0 Å². The summed E-state index contributed by atoms with van der Waals surface area (Å²) in [5.41, 5.74) is 0.948. The first kappa shape index (κ1) is 29.8. The third kappa shape index (κ3) is 6.12. The fourth-order valence-electron chi connectivity index (χ4n) is 5.21. The smallest absolute Gasteiger partial charge is 0.272 e. The molecule has 0 bridgehead atoms. The van der Waals surface area contributed by atoms with Crippen molar-refractivity contribution in [1.82, 2.24) is 19.4 Å². The number of alkyl halides is 1. The molecule has 4 rings (SSSR count). The van der Waals surface area contributed by atoms with Gasteiger partial charge in [-0.25, -0.2) is 4.39 Å². The average Bonchev–Trinajstić information content (AvgIpc) is 3.28. The number of aliphatic hydroxyl groups excluding tert-OH is 1. The topological polar surface area (TPSA) is 132 Å². The molecule has 0 radical (unpaired) electrons. The molecular weight excluding hydrogens is 535 g/mol. The lowest BCUT2D eigenvalue weighted by atomic mass is 10.0. The predicted molar refractivity (Wildman–Crippen MR) is 150 cm³/mol. The van der Waals surface area contributed by atoms with Crippen LogP contribution in [-0.4, -0.2) is 82.9 Å². The molecule has 1 aromatic carbocycles. The van der Waals surface area contributed by atoms with Gasteiger partial charge in [0.05, 0.1) is 19.2 Å². The van der Waals surface area contributed by atoms with Crippen LogP contribution in [-0.2, 0) is 24.8 Å². The maximum atomic E-state index is 13.9. The van der Waals surface area contributed by atoms with E-state index in [1.54, 1.807) is 41.9 Å². The highest BCUT2D eigenvalue weighted by Gasteiger charge is 2.30. The normalized spacial score (nSPS) is 13.8. The summed E-state index contributed by atoms with van der Waals surface area (Å²) in [6.07, 6.45) is 1.41. The molecule has 41 heavy (non-hydrogen) atoms. The van der Waals surface area contributed by atoms with Crippen LogP contribution in [0.25, 0.3) is 10.9 Å². The van der Waals surface area contributed by atoms with Crippen molar-refractivity contribution in [3.63, 3.8) is 0 Å². The summed E-state index contributed by atoms with van der Waals surface area (Å²) in [4.78, 5) is 53.9. The molecule has 1 aliphatic rings. The van der Waals surface area contributed by atoms with Crippen molar-refractivity contribution in [1.29, 1.82) is 0 Å². The molecule has 3 aromatic rings. The van der Waals surface area contributed by atoms with Crippen molar-refractivity contribution >= 4 is 28.5 Å². The van der Waals surface area contributed by atoms with Crippen molar-refractivity contribution in [3.05, 3.63) is 57.6 Å². The SMILES string of the molecule is CCc1cc2c(c(OCCF)c(C(=O)NC3CCN(C(=O)CO)CC3)n2C)c(=O)n1CC(=O)c1cccc(OC)c1. The first-order valence-electron chi connectivity index (χ1n) is 13.5. The second-order valence-electron chi connectivity index (χ2n) is 9.86. The molecule has 0 saturated carbocycles. The Kier molecular flexibility index (Phi) is 9.43. The minimum Gasteiger partial charge on any atom is -0.497 e. The third-order valence-corrected chi connectivity index (χ3v) is 7.42. The van der Waals surface area contributed by atoms with E-state index in [0.717, 1.165) is 0 Å². The number of ether oxygens (including phenoxy) is 2. The van der Waals surface area contributed by atoms with Crippen LogP contribution in [0.4, 0.5) is 4.39 Å². The Bertz CT molecular complexity index is 1510. The zero-order valence-electron chi connectivity index (χ0n) is 23.4. The summed E-state index contributed by atoms with van der Waals surface area (Å²) in [6.45, 7) is 0.633. The van der Waals surface area contributed by atoms with Gasteiger partial charge in [-0.05, 0) is 37.5 Å². The van der Waals surface area contributed by atoms with Crippen molar-refractivity contribution in [2.45, 2.75) is 38.8 Å². The van der Waals surface area contributed by atoms with Gasteiger partial charge in [-0.2, -0.15) is 0 Å². The number of Topliss-reactive ketones (excluding diaryl/α,β-unsaturated/α-hetero) is 1. The summed E-state index contributed by atoms with van der Waals surface area (Å²) < 4.78 is 27.0. The fraction of sp³-hybridized carbons (Fsp3) is 0.448. The van der Waals surface area contributed by atoms with Gasteiger partial charge < -0.3 is 33.9 Å². The number of methoxy groups -OCH3 is 1. The number of carbonyl (C=O) groups is 3. The second kappa shape index (κ2) is 13.0. The number of nitrogens with one attached hydrogen (secondary N) is 1. The van der Waals surface area contributed by atoms with E-state index >= 15 is 0 Å². The van der Waals surface area contributed by atoms with Gasteiger partial charge in [0.1, 0.15) is 31.0 Å². The average molecular weight is 571 g/mol. The number of aliphatic hydroxyl groups is 1. The summed E-state index contributed by atoms with van der Waals surface area (Å²) in [7, 11) is 3.13. The summed E-state index contributed by atoms with van der Waals surface area (Å²) in [5.74, 6) is -0.688. The number of carbonyl (C=O) groups excluding carboxylic acids is 3. The van der Waals surface area contributed by atoms with Crippen LogP contribution in [0, 0.1) is 0 Å². The number of pyridine rings is 1.